The van der Waals surface area contributed by atoms with Crippen LogP contribution in [0.4, 0.5) is 0 Å². The third kappa shape index (κ3) is 1.59. The van der Waals surface area contributed by atoms with Crippen LogP contribution in [0, 0.1) is 0 Å². The maximum Gasteiger partial charge on any atom is 0.342 e. The van der Waals surface area contributed by atoms with E-state index in [1.54, 1.807) is 10.1 Å². The summed E-state index contributed by atoms with van der Waals surface area (Å²) in [5, 5.41) is 4.19. The second kappa shape index (κ2) is 2.55. The Balaban J connectivity index is 3.61. The lowest BCUT2D eigenvalue weighted by Crippen LogP contribution is -2.28. The van der Waals surface area contributed by atoms with Crippen LogP contribution in [0.3, 0.4) is 0 Å². The van der Waals surface area contributed by atoms with Gasteiger partial charge in [0.25, 0.3) is 5.56 Å². The first-order valence-corrected chi connectivity index (χ1v) is 4.69. The number of aromatic nitrogens is 3. The van der Waals surface area contributed by atoms with Crippen molar-refractivity contribution >= 4 is 9.84 Å². The number of nitrogens with zero attached hydrogens (tertiary/aromatic N) is 1. The molecule has 0 unspecified atom stereocenters. The number of sulfone groups is 1. The van der Waals surface area contributed by atoms with E-state index >= 15 is 0 Å². The van der Waals surface area contributed by atoms with E-state index in [0.29, 0.717) is 0 Å². The molecule has 0 aliphatic rings. The normalized spacial score (nSPS) is 11.4. The average Bonchev–Trinajstić information content (AvgIpc) is 1.83. The minimum atomic E-state index is -3.68. The van der Waals surface area contributed by atoms with Crippen molar-refractivity contribution in [2.24, 2.45) is 0 Å². The molecular weight excluding hydrogens is 186 g/mol. The number of hydrogen-bond donors (Lipinski definition) is 2. The van der Waals surface area contributed by atoms with E-state index < -0.39 is 26.1 Å². The molecule has 0 aliphatic heterocycles. The molecule has 0 atom stereocenters. The number of hydrogen-bond acceptors (Lipinski definition) is 5. The molecule has 0 saturated heterocycles. The van der Waals surface area contributed by atoms with Gasteiger partial charge in [-0.3, -0.25) is 9.78 Å². The summed E-state index contributed by atoms with van der Waals surface area (Å²) < 4.78 is 21.5. The fourth-order valence-electron chi connectivity index (χ4n) is 0.588. The topological polar surface area (TPSA) is 113 Å². The third-order valence-electron chi connectivity index (χ3n) is 1.03. The maximum absolute atomic E-state index is 10.8. The highest BCUT2D eigenvalue weighted by Gasteiger charge is 2.13. The predicted octanol–water partition coefficient (Wildman–Crippen LogP) is -2.14. The Bertz CT molecular complexity index is 496. The molecule has 7 nitrogen and oxygen atoms in total. The lowest BCUT2D eigenvalue weighted by molar-refractivity contribution is 0.591. The van der Waals surface area contributed by atoms with Gasteiger partial charge >= 0.3 is 5.69 Å². The molecule has 8 heteroatoms. The minimum Gasteiger partial charge on any atom is -0.270 e. The zero-order chi connectivity index (χ0) is 9.35. The molecule has 0 radical (unpaired) electrons. The Morgan fingerprint density at radius 1 is 1.33 bits per heavy atom. The Kier molecular flexibility index (Phi) is 1.84. The summed E-state index contributed by atoms with van der Waals surface area (Å²) in [7, 11) is -3.68. The molecule has 0 spiro atoms. The van der Waals surface area contributed by atoms with Crippen LogP contribution in [-0.4, -0.2) is 29.9 Å². The maximum atomic E-state index is 10.8. The molecule has 0 aromatic carbocycles. The van der Waals surface area contributed by atoms with Crippen molar-refractivity contribution < 1.29 is 8.42 Å². The molecule has 2 N–H and O–H groups in total. The van der Waals surface area contributed by atoms with Crippen LogP contribution in [-0.2, 0) is 9.84 Å². The van der Waals surface area contributed by atoms with Gasteiger partial charge in [0.2, 0.25) is 5.03 Å². The molecule has 12 heavy (non-hydrogen) atoms. The molecule has 0 bridgehead atoms. The number of H-pyrrole nitrogens is 2. The van der Waals surface area contributed by atoms with Gasteiger partial charge in [0.1, 0.15) is 0 Å². The molecule has 0 saturated carbocycles. The quantitative estimate of drug-likeness (QED) is 0.526. The highest BCUT2D eigenvalue weighted by molar-refractivity contribution is 7.90. The van der Waals surface area contributed by atoms with Gasteiger partial charge in [0.05, 0.1) is 0 Å². The molecule has 1 aromatic rings. The summed E-state index contributed by atoms with van der Waals surface area (Å²) in [6.45, 7) is 0. The Labute approximate surface area is 66.4 Å². The summed E-state index contributed by atoms with van der Waals surface area (Å²) in [5.74, 6) is 0. The van der Waals surface area contributed by atoms with Crippen molar-refractivity contribution in [2.45, 2.75) is 5.03 Å². The summed E-state index contributed by atoms with van der Waals surface area (Å²) in [4.78, 5) is 22.9. The molecule has 1 heterocycles. The lowest BCUT2D eigenvalue weighted by Gasteiger charge is -1.91. The SMILES string of the molecule is CS(=O)(=O)c1n[nH]c(=O)[nH]c1=O. The lowest BCUT2D eigenvalue weighted by atomic mass is 10.8. The van der Waals surface area contributed by atoms with Gasteiger partial charge in [-0.25, -0.2) is 18.3 Å². The summed E-state index contributed by atoms with van der Waals surface area (Å²) in [6, 6.07) is 0. The van der Waals surface area contributed by atoms with Gasteiger partial charge in [-0.05, 0) is 0 Å². The first-order valence-electron chi connectivity index (χ1n) is 2.80. The average molecular weight is 191 g/mol. The molecule has 1 aromatic heterocycles. The van der Waals surface area contributed by atoms with E-state index in [4.69, 9.17) is 0 Å². The van der Waals surface area contributed by atoms with Crippen LogP contribution in [0.25, 0.3) is 0 Å². The van der Waals surface area contributed by atoms with Crippen molar-refractivity contribution in [3.8, 4) is 0 Å². The molecule has 66 valence electrons. The molecule has 1 rings (SSSR count). The number of rotatable bonds is 1. The van der Waals surface area contributed by atoms with E-state index in [2.05, 4.69) is 5.10 Å². The fourth-order valence-corrected chi connectivity index (χ4v) is 1.19. The highest BCUT2D eigenvalue weighted by Crippen LogP contribution is 1.91. The van der Waals surface area contributed by atoms with Crippen molar-refractivity contribution in [3.63, 3.8) is 0 Å². The first kappa shape index (κ1) is 8.65. The van der Waals surface area contributed by atoms with E-state index in [-0.39, 0.29) is 0 Å². The van der Waals surface area contributed by atoms with Gasteiger partial charge in [-0.15, -0.1) is 0 Å². The van der Waals surface area contributed by atoms with Gasteiger partial charge < -0.3 is 0 Å². The monoisotopic (exact) mass is 191 g/mol. The fraction of sp³-hybridized carbons (Fsp3) is 0.250. The van der Waals surface area contributed by atoms with E-state index in [9.17, 15) is 18.0 Å². The first-order chi connectivity index (χ1) is 5.41. The van der Waals surface area contributed by atoms with Crippen LogP contribution < -0.4 is 11.2 Å². The standard InChI is InChI=1S/C4H5N3O4S/c1-12(10,11)3-2(8)5-4(9)7-6-3/h1H3,(H2,5,7,8,9). The van der Waals surface area contributed by atoms with Gasteiger partial charge in [0, 0.05) is 6.26 Å². The Morgan fingerprint density at radius 2 is 1.92 bits per heavy atom. The van der Waals surface area contributed by atoms with Gasteiger partial charge in [-0.1, -0.05) is 0 Å². The smallest absolute Gasteiger partial charge is 0.270 e. The largest absolute Gasteiger partial charge is 0.342 e. The van der Waals surface area contributed by atoms with Crippen molar-refractivity contribution in [1.82, 2.24) is 15.2 Å². The highest BCUT2D eigenvalue weighted by atomic mass is 32.2. The van der Waals surface area contributed by atoms with E-state index in [1.165, 1.54) is 0 Å². The second-order valence-electron chi connectivity index (χ2n) is 2.08. The summed E-state index contributed by atoms with van der Waals surface area (Å²) in [5.41, 5.74) is -1.85. The zero-order valence-corrected chi connectivity index (χ0v) is 6.80. The zero-order valence-electron chi connectivity index (χ0n) is 5.99. The van der Waals surface area contributed by atoms with E-state index in [0.717, 1.165) is 6.26 Å². The second-order valence-corrected chi connectivity index (χ2v) is 4.02. The van der Waals surface area contributed by atoms with Crippen LogP contribution in [0.5, 0.6) is 0 Å². The van der Waals surface area contributed by atoms with Crippen LogP contribution in [0.2, 0.25) is 0 Å². The molecule has 0 aliphatic carbocycles. The van der Waals surface area contributed by atoms with Crippen molar-refractivity contribution in [3.05, 3.63) is 20.8 Å². The van der Waals surface area contributed by atoms with Crippen LogP contribution >= 0.6 is 0 Å². The predicted molar refractivity (Wildman–Crippen MR) is 38.6 cm³/mol. The van der Waals surface area contributed by atoms with Crippen LogP contribution in [0.1, 0.15) is 0 Å². The Hall–Kier alpha value is -1.44. The summed E-state index contributed by atoms with van der Waals surface area (Å²) in [6.07, 6.45) is 0.822. The van der Waals surface area contributed by atoms with Gasteiger partial charge in [-0.2, -0.15) is 5.10 Å². The van der Waals surface area contributed by atoms with Crippen LogP contribution in [0.15, 0.2) is 14.6 Å². The van der Waals surface area contributed by atoms with Crippen molar-refractivity contribution in [2.75, 3.05) is 6.26 Å². The molecule has 0 amide bonds. The summed E-state index contributed by atoms with van der Waals surface area (Å²) >= 11 is 0. The van der Waals surface area contributed by atoms with Crippen molar-refractivity contribution in [1.29, 1.82) is 0 Å². The van der Waals surface area contributed by atoms with Gasteiger partial charge in [0.15, 0.2) is 9.84 Å². The molecular formula is C4H5N3O4S. The number of aromatic amines is 2. The number of nitrogens with one attached hydrogen (secondary N) is 2. The Morgan fingerprint density at radius 3 is 2.33 bits per heavy atom. The third-order valence-corrected chi connectivity index (χ3v) is 2.01. The minimum absolute atomic E-state index is 0.692. The van der Waals surface area contributed by atoms with E-state index in [1.807, 2.05) is 0 Å². The molecule has 0 fully saturated rings.